The topological polar surface area (TPSA) is 78.9 Å². The van der Waals surface area contributed by atoms with Gasteiger partial charge in [0.15, 0.2) is 6.10 Å². The van der Waals surface area contributed by atoms with Gasteiger partial charge in [0.05, 0.1) is 0 Å². The minimum atomic E-state index is -0.782. The molecule has 0 aliphatic heterocycles. The van der Waals surface area contributed by atoms with Gasteiger partial charge in [-0.2, -0.15) is 0 Å². The van der Waals surface area contributed by atoms with Crippen molar-refractivity contribution in [1.29, 1.82) is 0 Å². The molecule has 0 aromatic heterocycles. The maximum Gasteiger partial charge on any atom is 0.306 e. The van der Waals surface area contributed by atoms with E-state index in [4.69, 9.17) is 14.2 Å². The third kappa shape index (κ3) is 55.6. The molecule has 0 bridgehead atoms. The SMILES string of the molecule is CC/C=C\C/C=C\C/C=C\C/C=C\C/C=C\CCCCCCCC(=O)OC(COC(=O)CCCCCCC)COC(=O)CCCCCCCCCCCCCCC/C=C\CCCCCCCCCC. The van der Waals surface area contributed by atoms with Crippen LogP contribution in [0.5, 0.6) is 0 Å². The summed E-state index contributed by atoms with van der Waals surface area (Å²) < 4.78 is 16.7. The molecule has 0 fully saturated rings. The summed E-state index contributed by atoms with van der Waals surface area (Å²) in [7, 11) is 0. The fraction of sp³-hybridized carbons (Fsp3) is 0.762. The van der Waals surface area contributed by atoms with E-state index in [-0.39, 0.29) is 31.1 Å². The summed E-state index contributed by atoms with van der Waals surface area (Å²) in [5.74, 6) is -0.908. The number of unbranched alkanes of at least 4 members (excludes halogenated alkanes) is 30. The van der Waals surface area contributed by atoms with Gasteiger partial charge in [0.2, 0.25) is 0 Å². The second-order valence-corrected chi connectivity index (χ2v) is 19.5. The molecule has 0 saturated carbocycles. The van der Waals surface area contributed by atoms with Gasteiger partial charge in [-0.05, 0) is 89.9 Å². The molecule has 0 spiro atoms. The largest absolute Gasteiger partial charge is 0.462 e. The fourth-order valence-corrected chi connectivity index (χ4v) is 8.29. The minimum Gasteiger partial charge on any atom is -0.462 e. The van der Waals surface area contributed by atoms with E-state index in [2.05, 4.69) is 93.7 Å². The van der Waals surface area contributed by atoms with E-state index in [9.17, 15) is 14.4 Å². The molecule has 0 radical (unpaired) electrons. The first-order valence-electron chi connectivity index (χ1n) is 29.4. The van der Waals surface area contributed by atoms with Crippen LogP contribution in [0, 0.1) is 0 Å². The first-order valence-corrected chi connectivity index (χ1v) is 29.4. The van der Waals surface area contributed by atoms with Gasteiger partial charge >= 0.3 is 17.9 Å². The molecule has 1 atom stereocenters. The van der Waals surface area contributed by atoms with E-state index >= 15 is 0 Å². The van der Waals surface area contributed by atoms with E-state index < -0.39 is 6.10 Å². The molecular weight excluding hydrogens is 853 g/mol. The molecule has 0 rings (SSSR count). The van der Waals surface area contributed by atoms with Gasteiger partial charge in [-0.1, -0.05) is 254 Å². The molecule has 6 nitrogen and oxygen atoms in total. The van der Waals surface area contributed by atoms with Crippen LogP contribution in [0.2, 0.25) is 0 Å². The van der Waals surface area contributed by atoms with Crippen LogP contribution in [0.25, 0.3) is 0 Å². The zero-order valence-corrected chi connectivity index (χ0v) is 45.6. The van der Waals surface area contributed by atoms with Crippen LogP contribution >= 0.6 is 0 Å². The van der Waals surface area contributed by atoms with Crippen molar-refractivity contribution in [2.24, 2.45) is 0 Å². The number of esters is 3. The zero-order valence-electron chi connectivity index (χ0n) is 45.6. The van der Waals surface area contributed by atoms with Crippen LogP contribution in [0.3, 0.4) is 0 Å². The van der Waals surface area contributed by atoms with Crippen molar-refractivity contribution < 1.29 is 28.6 Å². The van der Waals surface area contributed by atoms with Crippen molar-refractivity contribution in [3.8, 4) is 0 Å². The number of rotatable bonds is 53. The predicted octanol–water partition coefficient (Wildman–Crippen LogP) is 19.8. The van der Waals surface area contributed by atoms with Crippen molar-refractivity contribution in [2.75, 3.05) is 13.2 Å². The Bertz CT molecular complexity index is 1290. The molecule has 0 aromatic carbocycles. The number of hydrogen-bond donors (Lipinski definition) is 0. The predicted molar refractivity (Wildman–Crippen MR) is 298 cm³/mol. The van der Waals surface area contributed by atoms with E-state index in [1.54, 1.807) is 0 Å². The van der Waals surface area contributed by atoms with Gasteiger partial charge in [-0.25, -0.2) is 0 Å². The average Bonchev–Trinajstić information content (AvgIpc) is 3.35. The van der Waals surface area contributed by atoms with Gasteiger partial charge in [-0.15, -0.1) is 0 Å². The number of hydrogen-bond acceptors (Lipinski definition) is 6. The Hall–Kier alpha value is -3.15. The van der Waals surface area contributed by atoms with E-state index in [0.717, 1.165) is 116 Å². The molecule has 1 unspecified atom stereocenters. The lowest BCUT2D eigenvalue weighted by molar-refractivity contribution is -0.167. The standard InChI is InChI=1S/C63H110O6/c1-4-7-10-13-15-17-19-21-23-25-27-29-30-31-32-34-35-37-39-41-43-45-47-50-53-56-62(65)68-59-60(58-67-61(64)55-52-49-12-9-6-3)69-63(66)57-54-51-48-46-44-42-40-38-36-33-28-26-24-22-20-18-16-14-11-8-5-2/h8,11,16,18,22,24-25,27-28,33,38,40,60H,4-7,9-10,12-15,17,19-21,23,26,29-32,34-37,39,41-59H2,1-3H3/b11-8-,18-16-,24-22-,27-25-,33-28-,40-38-. The Morgan fingerprint density at radius 2 is 0.565 bits per heavy atom. The Morgan fingerprint density at radius 3 is 0.899 bits per heavy atom. The second-order valence-electron chi connectivity index (χ2n) is 19.5. The third-order valence-corrected chi connectivity index (χ3v) is 12.7. The molecule has 398 valence electrons. The maximum absolute atomic E-state index is 12.8. The van der Waals surface area contributed by atoms with Crippen molar-refractivity contribution in [3.63, 3.8) is 0 Å². The summed E-state index contributed by atoms with van der Waals surface area (Å²) in [6.07, 6.45) is 73.8. The number of allylic oxidation sites excluding steroid dienone is 12. The lowest BCUT2D eigenvalue weighted by atomic mass is 10.0. The highest BCUT2D eigenvalue weighted by Gasteiger charge is 2.19. The summed E-state index contributed by atoms with van der Waals surface area (Å²) in [5.41, 5.74) is 0. The van der Waals surface area contributed by atoms with E-state index in [1.165, 1.54) is 135 Å². The summed E-state index contributed by atoms with van der Waals surface area (Å²) in [5, 5.41) is 0. The first-order chi connectivity index (χ1) is 34.0. The normalized spacial score (nSPS) is 12.6. The molecule has 69 heavy (non-hydrogen) atoms. The highest BCUT2D eigenvalue weighted by atomic mass is 16.6. The van der Waals surface area contributed by atoms with Gasteiger partial charge < -0.3 is 14.2 Å². The van der Waals surface area contributed by atoms with E-state index in [1.807, 2.05) is 0 Å². The van der Waals surface area contributed by atoms with Crippen LogP contribution in [0.15, 0.2) is 72.9 Å². The van der Waals surface area contributed by atoms with Crippen molar-refractivity contribution in [3.05, 3.63) is 72.9 Å². The van der Waals surface area contributed by atoms with Gasteiger partial charge in [0.1, 0.15) is 13.2 Å². The molecule has 0 N–H and O–H groups in total. The fourth-order valence-electron chi connectivity index (χ4n) is 8.29. The number of ether oxygens (including phenoxy) is 3. The van der Waals surface area contributed by atoms with Gasteiger partial charge in [-0.3, -0.25) is 14.4 Å². The third-order valence-electron chi connectivity index (χ3n) is 12.7. The first kappa shape index (κ1) is 65.8. The minimum absolute atomic E-state index is 0.0824. The number of carbonyl (C=O) groups excluding carboxylic acids is 3. The maximum atomic E-state index is 12.8. The van der Waals surface area contributed by atoms with Crippen molar-refractivity contribution >= 4 is 17.9 Å². The second kappa shape index (κ2) is 57.4. The van der Waals surface area contributed by atoms with Crippen LogP contribution in [0.4, 0.5) is 0 Å². The van der Waals surface area contributed by atoms with Crippen molar-refractivity contribution in [1.82, 2.24) is 0 Å². The van der Waals surface area contributed by atoms with Gasteiger partial charge in [0, 0.05) is 19.3 Å². The van der Waals surface area contributed by atoms with Crippen LogP contribution in [-0.2, 0) is 28.6 Å². The molecule has 0 aliphatic carbocycles. The summed E-state index contributed by atoms with van der Waals surface area (Å²) in [6.45, 7) is 6.45. The van der Waals surface area contributed by atoms with Crippen LogP contribution in [0.1, 0.15) is 290 Å². The smallest absolute Gasteiger partial charge is 0.306 e. The average molecular weight is 964 g/mol. The summed E-state index contributed by atoms with van der Waals surface area (Å²) in [4.78, 5) is 37.8. The molecule has 0 heterocycles. The Kier molecular flexibility index (Phi) is 54.8. The monoisotopic (exact) mass is 963 g/mol. The highest BCUT2D eigenvalue weighted by molar-refractivity contribution is 5.71. The van der Waals surface area contributed by atoms with E-state index in [0.29, 0.717) is 19.3 Å². The quantitative estimate of drug-likeness (QED) is 0.0262. The molecular formula is C63H110O6. The Balaban J connectivity index is 4.10. The van der Waals surface area contributed by atoms with Crippen LogP contribution in [-0.4, -0.2) is 37.2 Å². The molecule has 0 saturated heterocycles. The molecule has 0 aromatic rings. The summed E-state index contributed by atoms with van der Waals surface area (Å²) in [6, 6.07) is 0. The Morgan fingerprint density at radius 1 is 0.304 bits per heavy atom. The molecule has 0 aliphatic rings. The summed E-state index contributed by atoms with van der Waals surface area (Å²) >= 11 is 0. The van der Waals surface area contributed by atoms with Crippen LogP contribution < -0.4 is 0 Å². The lowest BCUT2D eigenvalue weighted by Crippen LogP contribution is -2.30. The molecule has 6 heteroatoms. The van der Waals surface area contributed by atoms with Crippen molar-refractivity contribution in [2.45, 2.75) is 297 Å². The van der Waals surface area contributed by atoms with Gasteiger partial charge in [0.25, 0.3) is 0 Å². The molecule has 0 amide bonds. The number of carbonyl (C=O) groups is 3. The lowest BCUT2D eigenvalue weighted by Gasteiger charge is -2.18. The Labute approximate surface area is 427 Å². The zero-order chi connectivity index (χ0) is 50.0. The highest BCUT2D eigenvalue weighted by Crippen LogP contribution is 2.16.